The van der Waals surface area contributed by atoms with Gasteiger partial charge in [-0.1, -0.05) is 19.3 Å². The van der Waals surface area contributed by atoms with Crippen molar-refractivity contribution in [2.75, 3.05) is 7.11 Å². The Hall–Kier alpha value is -1.29. The molecule has 17 heavy (non-hydrogen) atoms. The van der Waals surface area contributed by atoms with Crippen molar-refractivity contribution in [1.29, 1.82) is 0 Å². The highest BCUT2D eigenvalue weighted by molar-refractivity contribution is 5.80. The molecule has 0 radical (unpaired) electrons. The molecule has 1 aromatic heterocycles. The van der Waals surface area contributed by atoms with Gasteiger partial charge in [0.05, 0.1) is 0 Å². The van der Waals surface area contributed by atoms with Gasteiger partial charge in [0.2, 0.25) is 0 Å². The summed E-state index contributed by atoms with van der Waals surface area (Å²) in [6.45, 7) is 0.385. The first kappa shape index (κ1) is 12.2. The van der Waals surface area contributed by atoms with Crippen LogP contribution < -0.4 is 0 Å². The van der Waals surface area contributed by atoms with Gasteiger partial charge in [-0.3, -0.25) is 4.79 Å². The third-order valence-electron chi connectivity index (χ3n) is 3.54. The van der Waals surface area contributed by atoms with E-state index >= 15 is 0 Å². The van der Waals surface area contributed by atoms with Crippen LogP contribution in [0.3, 0.4) is 0 Å². The number of carbonyl (C=O) groups is 1. The molecular formula is C13H18O4. The van der Waals surface area contributed by atoms with Gasteiger partial charge in [-0.15, -0.1) is 0 Å². The summed E-state index contributed by atoms with van der Waals surface area (Å²) >= 11 is 0. The molecule has 1 aliphatic rings. The van der Waals surface area contributed by atoms with Crippen molar-refractivity contribution in [2.45, 2.75) is 44.1 Å². The van der Waals surface area contributed by atoms with Crippen LogP contribution in [0, 0.1) is 0 Å². The Labute approximate surface area is 101 Å². The summed E-state index contributed by atoms with van der Waals surface area (Å²) in [7, 11) is 1.59. The van der Waals surface area contributed by atoms with Crippen molar-refractivity contribution < 1.29 is 19.1 Å². The predicted octanol–water partition coefficient (Wildman–Crippen LogP) is 2.71. The Bertz CT molecular complexity index is 388. The van der Waals surface area contributed by atoms with Gasteiger partial charge in [0.1, 0.15) is 23.5 Å². The molecule has 0 bridgehead atoms. The highest BCUT2D eigenvalue weighted by Crippen LogP contribution is 2.40. The second kappa shape index (κ2) is 4.92. The normalized spacial score (nSPS) is 19.1. The molecule has 0 amide bonds. The van der Waals surface area contributed by atoms with Crippen molar-refractivity contribution in [3.8, 4) is 0 Å². The smallest absolute Gasteiger partial charge is 0.317 e. The van der Waals surface area contributed by atoms with E-state index in [0.29, 0.717) is 31.0 Å². The van der Waals surface area contributed by atoms with Crippen molar-refractivity contribution in [2.24, 2.45) is 0 Å². The maximum absolute atomic E-state index is 11.6. The van der Waals surface area contributed by atoms with Crippen LogP contribution in [-0.4, -0.2) is 18.2 Å². The molecule has 2 rings (SSSR count). The molecule has 1 aliphatic carbocycles. The van der Waals surface area contributed by atoms with Gasteiger partial charge in [-0.25, -0.2) is 0 Å². The van der Waals surface area contributed by atoms with Crippen LogP contribution in [0.25, 0.3) is 0 Å². The van der Waals surface area contributed by atoms with E-state index in [2.05, 4.69) is 0 Å². The van der Waals surface area contributed by atoms with E-state index in [1.54, 1.807) is 19.2 Å². The van der Waals surface area contributed by atoms with Gasteiger partial charge in [0.15, 0.2) is 0 Å². The summed E-state index contributed by atoms with van der Waals surface area (Å²) in [5.74, 6) is 0.501. The first-order valence-corrected chi connectivity index (χ1v) is 6.00. The second-order valence-corrected chi connectivity index (χ2v) is 4.65. The SMILES string of the molecule is COCc1ccc(C2(C(=O)O)CCCCC2)o1. The summed E-state index contributed by atoms with van der Waals surface area (Å²) in [6, 6.07) is 3.59. The highest BCUT2D eigenvalue weighted by atomic mass is 16.5. The molecular weight excluding hydrogens is 220 g/mol. The molecule has 0 atom stereocenters. The Morgan fingerprint density at radius 1 is 1.41 bits per heavy atom. The zero-order valence-electron chi connectivity index (χ0n) is 10.1. The summed E-state index contributed by atoms with van der Waals surface area (Å²) in [6.07, 6.45) is 4.35. The fourth-order valence-electron chi connectivity index (χ4n) is 2.58. The number of hydrogen-bond acceptors (Lipinski definition) is 3. The minimum Gasteiger partial charge on any atom is -0.480 e. The minimum absolute atomic E-state index is 0.385. The standard InChI is InChI=1S/C13H18O4/c1-16-9-10-5-6-11(17-10)13(12(14)15)7-3-2-4-8-13/h5-6H,2-4,7-9H2,1H3,(H,14,15). The largest absolute Gasteiger partial charge is 0.480 e. The second-order valence-electron chi connectivity index (χ2n) is 4.65. The molecule has 1 saturated carbocycles. The minimum atomic E-state index is -0.815. The number of aliphatic carboxylic acids is 1. The molecule has 0 saturated heterocycles. The maximum Gasteiger partial charge on any atom is 0.317 e. The van der Waals surface area contributed by atoms with Crippen LogP contribution in [0.1, 0.15) is 43.6 Å². The zero-order chi connectivity index (χ0) is 12.3. The lowest BCUT2D eigenvalue weighted by atomic mass is 9.72. The van der Waals surface area contributed by atoms with Gasteiger partial charge in [0, 0.05) is 7.11 Å². The van der Waals surface area contributed by atoms with Gasteiger partial charge in [-0.05, 0) is 25.0 Å². The number of furan rings is 1. The molecule has 1 heterocycles. The molecule has 0 aliphatic heterocycles. The number of carboxylic acid groups (broad SMARTS) is 1. The zero-order valence-corrected chi connectivity index (χ0v) is 10.1. The molecule has 0 spiro atoms. The lowest BCUT2D eigenvalue weighted by molar-refractivity contribution is -0.146. The molecule has 94 valence electrons. The third kappa shape index (κ3) is 2.22. The third-order valence-corrected chi connectivity index (χ3v) is 3.54. The van der Waals surface area contributed by atoms with Crippen LogP contribution in [0.5, 0.6) is 0 Å². The van der Waals surface area contributed by atoms with Crippen molar-refractivity contribution in [1.82, 2.24) is 0 Å². The quantitative estimate of drug-likeness (QED) is 0.876. The maximum atomic E-state index is 11.6. The molecule has 1 N–H and O–H groups in total. The van der Waals surface area contributed by atoms with E-state index in [4.69, 9.17) is 9.15 Å². The lowest BCUT2D eigenvalue weighted by Crippen LogP contribution is -2.37. The first-order valence-electron chi connectivity index (χ1n) is 6.00. The van der Waals surface area contributed by atoms with E-state index in [1.807, 2.05) is 0 Å². The summed E-state index contributed by atoms with van der Waals surface area (Å²) < 4.78 is 10.6. The monoisotopic (exact) mass is 238 g/mol. The van der Waals surface area contributed by atoms with Crippen molar-refractivity contribution in [3.05, 3.63) is 23.7 Å². The molecule has 0 unspecified atom stereocenters. The number of hydrogen-bond donors (Lipinski definition) is 1. The molecule has 4 nitrogen and oxygen atoms in total. The van der Waals surface area contributed by atoms with Gasteiger partial charge < -0.3 is 14.3 Å². The number of ether oxygens (including phenoxy) is 1. The van der Waals surface area contributed by atoms with Crippen LogP contribution >= 0.6 is 0 Å². The average Bonchev–Trinajstić information content (AvgIpc) is 2.79. The van der Waals surface area contributed by atoms with E-state index in [9.17, 15) is 9.90 Å². The van der Waals surface area contributed by atoms with Gasteiger partial charge in [0.25, 0.3) is 0 Å². The van der Waals surface area contributed by atoms with Crippen LogP contribution in [0.2, 0.25) is 0 Å². The van der Waals surface area contributed by atoms with Crippen molar-refractivity contribution in [3.63, 3.8) is 0 Å². The van der Waals surface area contributed by atoms with Crippen LogP contribution in [0.15, 0.2) is 16.5 Å². The Morgan fingerprint density at radius 2 is 2.12 bits per heavy atom. The Kier molecular flexibility index (Phi) is 3.52. The Morgan fingerprint density at radius 3 is 2.71 bits per heavy atom. The Balaban J connectivity index is 2.28. The van der Waals surface area contributed by atoms with Crippen LogP contribution in [-0.2, 0) is 21.6 Å². The van der Waals surface area contributed by atoms with Crippen molar-refractivity contribution >= 4 is 5.97 Å². The predicted molar refractivity (Wildman–Crippen MR) is 61.8 cm³/mol. The fourth-order valence-corrected chi connectivity index (χ4v) is 2.58. The van der Waals surface area contributed by atoms with E-state index in [-0.39, 0.29) is 0 Å². The van der Waals surface area contributed by atoms with Gasteiger partial charge in [-0.2, -0.15) is 0 Å². The number of methoxy groups -OCH3 is 1. The fraction of sp³-hybridized carbons (Fsp3) is 0.615. The summed E-state index contributed by atoms with van der Waals surface area (Å²) in [5, 5.41) is 9.49. The average molecular weight is 238 g/mol. The van der Waals surface area contributed by atoms with Crippen LogP contribution in [0.4, 0.5) is 0 Å². The topological polar surface area (TPSA) is 59.7 Å². The first-order chi connectivity index (χ1) is 8.19. The number of rotatable bonds is 4. The van der Waals surface area contributed by atoms with E-state index in [1.165, 1.54) is 0 Å². The molecule has 0 aromatic carbocycles. The summed E-state index contributed by atoms with van der Waals surface area (Å²) in [5.41, 5.74) is -0.815. The lowest BCUT2D eigenvalue weighted by Gasteiger charge is -2.31. The molecule has 4 heteroatoms. The highest BCUT2D eigenvalue weighted by Gasteiger charge is 2.44. The van der Waals surface area contributed by atoms with E-state index in [0.717, 1.165) is 19.3 Å². The number of carboxylic acids is 1. The van der Waals surface area contributed by atoms with E-state index < -0.39 is 11.4 Å². The summed E-state index contributed by atoms with van der Waals surface area (Å²) in [4.78, 5) is 11.6. The molecule has 1 aromatic rings. The molecule has 1 fully saturated rings. The van der Waals surface area contributed by atoms with Gasteiger partial charge >= 0.3 is 5.97 Å².